The standard InChI is InChI=1S/C12H14BrNO3/c1-17-7-2-3-8(9(13)6-7)12-10(15)4-5-11(16)14-12/h2-3,6,10,12,15H,4-5H2,1H3,(H,14,16). The molecule has 92 valence electrons. The number of hydrogen-bond acceptors (Lipinski definition) is 3. The van der Waals surface area contributed by atoms with Crippen LogP contribution in [0, 0.1) is 0 Å². The fourth-order valence-corrected chi connectivity index (χ4v) is 2.56. The first kappa shape index (κ1) is 12.4. The number of benzene rings is 1. The van der Waals surface area contributed by atoms with E-state index in [1.807, 2.05) is 18.2 Å². The Balaban J connectivity index is 2.29. The number of halogens is 1. The molecule has 1 aliphatic heterocycles. The van der Waals surface area contributed by atoms with E-state index < -0.39 is 6.10 Å². The molecular weight excluding hydrogens is 286 g/mol. The Bertz CT molecular complexity index is 436. The highest BCUT2D eigenvalue weighted by Crippen LogP contribution is 2.32. The fourth-order valence-electron chi connectivity index (χ4n) is 1.96. The molecule has 0 radical (unpaired) electrons. The van der Waals surface area contributed by atoms with Gasteiger partial charge in [0, 0.05) is 10.9 Å². The lowest BCUT2D eigenvalue weighted by Gasteiger charge is -2.29. The van der Waals surface area contributed by atoms with Crippen LogP contribution < -0.4 is 10.1 Å². The zero-order valence-corrected chi connectivity index (χ0v) is 11.0. The smallest absolute Gasteiger partial charge is 0.220 e. The monoisotopic (exact) mass is 299 g/mol. The number of carbonyl (C=O) groups excluding carboxylic acids is 1. The molecule has 1 aromatic rings. The number of ether oxygens (including phenoxy) is 1. The maximum Gasteiger partial charge on any atom is 0.220 e. The molecule has 0 spiro atoms. The number of nitrogens with one attached hydrogen (secondary N) is 1. The maximum atomic E-state index is 11.4. The zero-order valence-electron chi connectivity index (χ0n) is 9.44. The molecule has 2 N–H and O–H groups in total. The molecule has 17 heavy (non-hydrogen) atoms. The number of rotatable bonds is 2. The molecule has 2 atom stereocenters. The molecule has 0 bridgehead atoms. The number of aliphatic hydroxyl groups is 1. The summed E-state index contributed by atoms with van der Waals surface area (Å²) in [5, 5.41) is 12.7. The first-order valence-electron chi connectivity index (χ1n) is 5.42. The Morgan fingerprint density at radius 2 is 2.29 bits per heavy atom. The lowest BCUT2D eigenvalue weighted by molar-refractivity contribution is -0.126. The summed E-state index contributed by atoms with van der Waals surface area (Å²) in [5.41, 5.74) is 0.867. The van der Waals surface area contributed by atoms with E-state index in [4.69, 9.17) is 4.74 Å². The van der Waals surface area contributed by atoms with Crippen molar-refractivity contribution in [2.45, 2.75) is 25.0 Å². The van der Waals surface area contributed by atoms with Gasteiger partial charge in [-0.1, -0.05) is 22.0 Å². The summed E-state index contributed by atoms with van der Waals surface area (Å²) in [7, 11) is 1.60. The quantitative estimate of drug-likeness (QED) is 0.875. The van der Waals surface area contributed by atoms with Crippen LogP contribution >= 0.6 is 15.9 Å². The lowest BCUT2D eigenvalue weighted by Crippen LogP contribution is -2.41. The van der Waals surface area contributed by atoms with Crippen molar-refractivity contribution in [2.75, 3.05) is 7.11 Å². The highest BCUT2D eigenvalue weighted by atomic mass is 79.9. The minimum atomic E-state index is -0.544. The topological polar surface area (TPSA) is 58.6 Å². The van der Waals surface area contributed by atoms with Crippen LogP contribution in [-0.2, 0) is 4.79 Å². The number of carbonyl (C=O) groups is 1. The molecule has 2 rings (SSSR count). The number of aliphatic hydroxyl groups excluding tert-OH is 1. The third-order valence-electron chi connectivity index (χ3n) is 2.91. The molecule has 0 aliphatic carbocycles. The Kier molecular flexibility index (Phi) is 3.69. The second kappa shape index (κ2) is 5.06. The number of amides is 1. The van der Waals surface area contributed by atoms with Gasteiger partial charge in [-0.3, -0.25) is 4.79 Å². The van der Waals surface area contributed by atoms with Crippen LogP contribution in [0.25, 0.3) is 0 Å². The Morgan fingerprint density at radius 3 is 2.94 bits per heavy atom. The average Bonchev–Trinajstić information content (AvgIpc) is 2.32. The van der Waals surface area contributed by atoms with Crippen LogP contribution in [0.3, 0.4) is 0 Å². The molecule has 1 saturated heterocycles. The van der Waals surface area contributed by atoms with Gasteiger partial charge in [-0.2, -0.15) is 0 Å². The highest BCUT2D eigenvalue weighted by molar-refractivity contribution is 9.10. The minimum Gasteiger partial charge on any atom is -0.497 e. The van der Waals surface area contributed by atoms with Crippen molar-refractivity contribution in [1.82, 2.24) is 5.32 Å². The molecule has 0 aromatic heterocycles. The Hall–Kier alpha value is -1.07. The average molecular weight is 300 g/mol. The number of hydrogen-bond donors (Lipinski definition) is 2. The summed E-state index contributed by atoms with van der Waals surface area (Å²) in [6.45, 7) is 0. The van der Waals surface area contributed by atoms with Gasteiger partial charge >= 0.3 is 0 Å². The molecule has 0 saturated carbocycles. The SMILES string of the molecule is COc1ccc(C2NC(=O)CCC2O)c(Br)c1. The highest BCUT2D eigenvalue weighted by Gasteiger charge is 2.29. The fraction of sp³-hybridized carbons (Fsp3) is 0.417. The molecule has 5 heteroatoms. The van der Waals surface area contributed by atoms with Gasteiger partial charge in [-0.05, 0) is 24.1 Å². The van der Waals surface area contributed by atoms with Crippen LogP contribution in [-0.4, -0.2) is 24.2 Å². The first-order valence-corrected chi connectivity index (χ1v) is 6.22. The molecule has 2 unspecified atom stereocenters. The molecule has 1 heterocycles. The summed E-state index contributed by atoms with van der Waals surface area (Å²) >= 11 is 3.43. The van der Waals surface area contributed by atoms with Gasteiger partial charge in [0.2, 0.25) is 5.91 Å². The van der Waals surface area contributed by atoms with Gasteiger partial charge in [0.25, 0.3) is 0 Å². The van der Waals surface area contributed by atoms with Gasteiger partial charge in [-0.25, -0.2) is 0 Å². The predicted molar refractivity (Wildman–Crippen MR) is 66.8 cm³/mol. The van der Waals surface area contributed by atoms with Crippen molar-refractivity contribution in [1.29, 1.82) is 0 Å². The van der Waals surface area contributed by atoms with Gasteiger partial charge in [-0.15, -0.1) is 0 Å². The van der Waals surface area contributed by atoms with Crippen molar-refractivity contribution in [2.24, 2.45) is 0 Å². The van der Waals surface area contributed by atoms with Crippen molar-refractivity contribution >= 4 is 21.8 Å². The lowest BCUT2D eigenvalue weighted by atomic mass is 9.94. The van der Waals surface area contributed by atoms with E-state index in [2.05, 4.69) is 21.2 Å². The molecule has 1 amide bonds. The van der Waals surface area contributed by atoms with Crippen molar-refractivity contribution in [3.63, 3.8) is 0 Å². The van der Waals surface area contributed by atoms with Crippen LogP contribution in [0.5, 0.6) is 5.75 Å². The number of methoxy groups -OCH3 is 1. The van der Waals surface area contributed by atoms with Crippen molar-refractivity contribution in [3.05, 3.63) is 28.2 Å². The second-order valence-electron chi connectivity index (χ2n) is 4.04. The van der Waals surface area contributed by atoms with E-state index in [0.29, 0.717) is 12.8 Å². The van der Waals surface area contributed by atoms with Crippen molar-refractivity contribution < 1.29 is 14.6 Å². The third-order valence-corrected chi connectivity index (χ3v) is 3.60. The van der Waals surface area contributed by atoms with Crippen LogP contribution in [0.1, 0.15) is 24.4 Å². The summed E-state index contributed by atoms with van der Waals surface area (Å²) < 4.78 is 5.93. The van der Waals surface area contributed by atoms with Gasteiger partial charge in [0.1, 0.15) is 5.75 Å². The van der Waals surface area contributed by atoms with E-state index in [1.54, 1.807) is 7.11 Å². The predicted octanol–water partition coefficient (Wildman–Crippen LogP) is 1.77. The van der Waals surface area contributed by atoms with E-state index >= 15 is 0 Å². The van der Waals surface area contributed by atoms with E-state index in [1.165, 1.54) is 0 Å². The molecule has 1 fully saturated rings. The van der Waals surface area contributed by atoms with E-state index in [9.17, 15) is 9.90 Å². The van der Waals surface area contributed by atoms with E-state index in [-0.39, 0.29) is 11.9 Å². The summed E-state index contributed by atoms with van der Waals surface area (Å²) in [6.07, 6.45) is 0.331. The normalized spacial score (nSPS) is 24.3. The van der Waals surface area contributed by atoms with E-state index in [0.717, 1.165) is 15.8 Å². The summed E-state index contributed by atoms with van der Waals surface area (Å²) in [5.74, 6) is 0.709. The second-order valence-corrected chi connectivity index (χ2v) is 4.89. The minimum absolute atomic E-state index is 0.0250. The number of piperidine rings is 1. The molecule has 1 aromatic carbocycles. The Labute approximate surface area is 108 Å². The van der Waals surface area contributed by atoms with Crippen LogP contribution in [0.2, 0.25) is 0 Å². The van der Waals surface area contributed by atoms with Gasteiger partial charge in [0.15, 0.2) is 0 Å². The summed E-state index contributed by atoms with van der Waals surface area (Å²) in [4.78, 5) is 11.4. The summed E-state index contributed by atoms with van der Waals surface area (Å²) in [6, 6.07) is 5.13. The molecule has 4 nitrogen and oxygen atoms in total. The van der Waals surface area contributed by atoms with Crippen molar-refractivity contribution in [3.8, 4) is 5.75 Å². The van der Waals surface area contributed by atoms with Crippen LogP contribution in [0.15, 0.2) is 22.7 Å². The first-order chi connectivity index (χ1) is 8.11. The molecule has 1 aliphatic rings. The maximum absolute atomic E-state index is 11.4. The zero-order chi connectivity index (χ0) is 12.4. The van der Waals surface area contributed by atoms with Gasteiger partial charge in [0.05, 0.1) is 19.3 Å². The largest absolute Gasteiger partial charge is 0.497 e. The van der Waals surface area contributed by atoms with Gasteiger partial charge < -0.3 is 15.2 Å². The molecular formula is C12H14BrNO3. The van der Waals surface area contributed by atoms with Crippen LogP contribution in [0.4, 0.5) is 0 Å². The Morgan fingerprint density at radius 1 is 1.53 bits per heavy atom. The third kappa shape index (κ3) is 2.61.